The van der Waals surface area contributed by atoms with E-state index in [4.69, 9.17) is 0 Å². The Morgan fingerprint density at radius 2 is 2.00 bits per heavy atom. The van der Waals surface area contributed by atoms with Crippen molar-refractivity contribution in [3.05, 3.63) is 39.9 Å². The number of nitro benzene ring substituents is 1. The van der Waals surface area contributed by atoms with Crippen molar-refractivity contribution < 1.29 is 27.7 Å². The first-order valence-corrected chi connectivity index (χ1v) is 7.51. The summed E-state index contributed by atoms with van der Waals surface area (Å²) >= 11 is 0. The molecule has 0 saturated heterocycles. The van der Waals surface area contributed by atoms with Crippen molar-refractivity contribution in [2.45, 2.75) is 25.6 Å². The van der Waals surface area contributed by atoms with Gasteiger partial charge in [-0.25, -0.2) is 5.01 Å². The molecule has 2 amide bonds. The predicted molar refractivity (Wildman–Crippen MR) is 84.0 cm³/mol. The van der Waals surface area contributed by atoms with Crippen molar-refractivity contribution in [3.8, 4) is 0 Å². The van der Waals surface area contributed by atoms with E-state index in [0.29, 0.717) is 4.90 Å². The zero-order chi connectivity index (χ0) is 19.5. The van der Waals surface area contributed by atoms with Crippen LogP contribution in [-0.2, 0) is 16.1 Å². The molecule has 8 nitrogen and oxygen atoms in total. The fourth-order valence-electron chi connectivity index (χ4n) is 2.45. The van der Waals surface area contributed by atoms with Gasteiger partial charge in [-0.05, 0) is 0 Å². The number of para-hydroxylation sites is 1. The fourth-order valence-corrected chi connectivity index (χ4v) is 2.45. The number of hydrazone groups is 1. The van der Waals surface area contributed by atoms with Crippen LogP contribution in [0, 0.1) is 10.1 Å². The molecule has 140 valence electrons. The number of nitro groups is 1. The van der Waals surface area contributed by atoms with Crippen LogP contribution in [0.1, 0.15) is 18.4 Å². The third-order valence-corrected chi connectivity index (χ3v) is 3.66. The Hall–Kier alpha value is -2.98. The van der Waals surface area contributed by atoms with Crippen LogP contribution in [0.15, 0.2) is 29.4 Å². The first kappa shape index (κ1) is 19.3. The Labute approximate surface area is 146 Å². The Balaban J connectivity index is 2.33. The maximum absolute atomic E-state index is 12.9. The van der Waals surface area contributed by atoms with Crippen LogP contribution < -0.4 is 0 Å². The van der Waals surface area contributed by atoms with Gasteiger partial charge in [0.1, 0.15) is 12.3 Å². The molecule has 0 unspecified atom stereocenters. The number of nitrogens with zero attached hydrogens (tertiary/aromatic N) is 4. The van der Waals surface area contributed by atoms with Crippen molar-refractivity contribution in [1.29, 1.82) is 0 Å². The molecule has 0 aliphatic carbocycles. The Kier molecular flexibility index (Phi) is 5.58. The van der Waals surface area contributed by atoms with Gasteiger partial charge in [-0.1, -0.05) is 18.2 Å². The normalized spacial score (nSPS) is 14.8. The summed E-state index contributed by atoms with van der Waals surface area (Å²) < 4.78 is 38.7. The van der Waals surface area contributed by atoms with Crippen molar-refractivity contribution in [3.63, 3.8) is 0 Å². The highest BCUT2D eigenvalue weighted by atomic mass is 19.4. The second kappa shape index (κ2) is 7.50. The predicted octanol–water partition coefficient (Wildman–Crippen LogP) is 2.09. The molecule has 0 aromatic heterocycles. The van der Waals surface area contributed by atoms with E-state index in [1.54, 1.807) is 0 Å². The molecule has 2 rings (SSSR count). The van der Waals surface area contributed by atoms with E-state index in [1.807, 2.05) is 0 Å². The van der Waals surface area contributed by atoms with Crippen LogP contribution in [0.3, 0.4) is 0 Å². The maximum Gasteiger partial charge on any atom is 0.406 e. The van der Waals surface area contributed by atoms with Gasteiger partial charge >= 0.3 is 6.18 Å². The van der Waals surface area contributed by atoms with Crippen LogP contribution >= 0.6 is 0 Å². The van der Waals surface area contributed by atoms with Gasteiger partial charge in [0.25, 0.3) is 11.6 Å². The molecule has 0 saturated carbocycles. The van der Waals surface area contributed by atoms with Gasteiger partial charge in [0.15, 0.2) is 0 Å². The van der Waals surface area contributed by atoms with Crippen LogP contribution in [0.5, 0.6) is 0 Å². The second-order valence-corrected chi connectivity index (χ2v) is 5.63. The van der Waals surface area contributed by atoms with E-state index in [0.717, 1.165) is 11.1 Å². The van der Waals surface area contributed by atoms with E-state index in [-0.39, 0.29) is 35.7 Å². The standard InChI is InChI=1S/C15H15F3N4O4/c1-20-13(23)7-6-11(19-20)14(24)21(9-15(16,17)18)8-10-4-2-3-5-12(10)22(25)26/h2-5H,6-9H2,1H3. The molecule has 0 atom stereocenters. The zero-order valence-corrected chi connectivity index (χ0v) is 13.7. The summed E-state index contributed by atoms with van der Waals surface area (Å²) in [5.41, 5.74) is -0.615. The highest BCUT2D eigenvalue weighted by molar-refractivity contribution is 6.39. The molecule has 0 spiro atoms. The molecule has 11 heteroatoms. The van der Waals surface area contributed by atoms with Crippen LogP contribution in [0.4, 0.5) is 18.9 Å². The first-order valence-electron chi connectivity index (χ1n) is 7.51. The van der Waals surface area contributed by atoms with Gasteiger partial charge in [0, 0.05) is 31.5 Å². The minimum Gasteiger partial charge on any atom is -0.324 e. The molecule has 1 heterocycles. The SMILES string of the molecule is CN1N=C(C(=O)N(Cc2ccccc2[N+](=O)[O-])CC(F)(F)F)CCC1=O. The lowest BCUT2D eigenvalue weighted by Crippen LogP contribution is -2.44. The number of carbonyl (C=O) groups is 2. The molecular weight excluding hydrogens is 357 g/mol. The summed E-state index contributed by atoms with van der Waals surface area (Å²) in [7, 11) is 1.30. The number of amides is 2. The smallest absolute Gasteiger partial charge is 0.324 e. The third kappa shape index (κ3) is 4.77. The summed E-state index contributed by atoms with van der Waals surface area (Å²) in [6, 6.07) is 5.25. The molecule has 0 N–H and O–H groups in total. The number of hydrogen-bond donors (Lipinski definition) is 0. The Morgan fingerprint density at radius 3 is 2.58 bits per heavy atom. The Bertz CT molecular complexity index is 764. The lowest BCUT2D eigenvalue weighted by atomic mass is 10.1. The lowest BCUT2D eigenvalue weighted by Gasteiger charge is -2.26. The van der Waals surface area contributed by atoms with Gasteiger partial charge in [-0.2, -0.15) is 18.3 Å². The van der Waals surface area contributed by atoms with Crippen molar-refractivity contribution >= 4 is 23.2 Å². The number of carbonyl (C=O) groups excluding carboxylic acids is 2. The first-order chi connectivity index (χ1) is 12.1. The fraction of sp³-hybridized carbons (Fsp3) is 0.400. The average Bonchev–Trinajstić information content (AvgIpc) is 2.55. The van der Waals surface area contributed by atoms with E-state index in [1.165, 1.54) is 25.2 Å². The van der Waals surface area contributed by atoms with Gasteiger partial charge in [-0.15, -0.1) is 0 Å². The molecular formula is C15H15F3N4O4. The van der Waals surface area contributed by atoms with Crippen LogP contribution in [0.25, 0.3) is 0 Å². The van der Waals surface area contributed by atoms with Gasteiger partial charge in [0.05, 0.1) is 11.5 Å². The lowest BCUT2D eigenvalue weighted by molar-refractivity contribution is -0.385. The number of benzene rings is 1. The summed E-state index contributed by atoms with van der Waals surface area (Å²) in [6.45, 7) is -2.19. The van der Waals surface area contributed by atoms with Crippen molar-refractivity contribution in [1.82, 2.24) is 9.91 Å². The molecule has 0 fully saturated rings. The molecule has 1 aliphatic heterocycles. The Morgan fingerprint density at radius 1 is 1.35 bits per heavy atom. The topological polar surface area (TPSA) is 96.1 Å². The largest absolute Gasteiger partial charge is 0.406 e. The second-order valence-electron chi connectivity index (χ2n) is 5.63. The number of halogens is 3. The average molecular weight is 372 g/mol. The molecule has 1 aliphatic rings. The van der Waals surface area contributed by atoms with E-state index in [9.17, 15) is 32.9 Å². The minimum absolute atomic E-state index is 0.0315. The van der Waals surface area contributed by atoms with Gasteiger partial charge < -0.3 is 4.90 Å². The third-order valence-electron chi connectivity index (χ3n) is 3.66. The van der Waals surface area contributed by atoms with E-state index < -0.39 is 30.1 Å². The maximum atomic E-state index is 12.9. The molecule has 1 aromatic carbocycles. The number of hydrogen-bond acceptors (Lipinski definition) is 5. The van der Waals surface area contributed by atoms with Crippen LogP contribution in [0.2, 0.25) is 0 Å². The van der Waals surface area contributed by atoms with E-state index >= 15 is 0 Å². The van der Waals surface area contributed by atoms with Gasteiger partial charge in [0.2, 0.25) is 5.91 Å². The van der Waals surface area contributed by atoms with Crippen molar-refractivity contribution in [2.24, 2.45) is 5.10 Å². The molecule has 0 bridgehead atoms. The molecule has 26 heavy (non-hydrogen) atoms. The monoisotopic (exact) mass is 372 g/mol. The van der Waals surface area contributed by atoms with Crippen molar-refractivity contribution in [2.75, 3.05) is 13.6 Å². The number of alkyl halides is 3. The molecule has 1 aromatic rings. The van der Waals surface area contributed by atoms with Crippen LogP contribution in [-0.4, -0.2) is 52.1 Å². The summed E-state index contributed by atoms with van der Waals surface area (Å²) in [5.74, 6) is -1.37. The quantitative estimate of drug-likeness (QED) is 0.584. The molecule has 0 radical (unpaired) electrons. The summed E-state index contributed by atoms with van der Waals surface area (Å²) in [6.07, 6.45) is -4.84. The minimum atomic E-state index is -4.70. The zero-order valence-electron chi connectivity index (χ0n) is 13.7. The summed E-state index contributed by atoms with van der Waals surface area (Å²) in [5, 5.41) is 15.7. The van der Waals surface area contributed by atoms with E-state index in [2.05, 4.69) is 5.10 Å². The number of rotatable bonds is 5. The summed E-state index contributed by atoms with van der Waals surface area (Å²) in [4.78, 5) is 34.7. The van der Waals surface area contributed by atoms with Gasteiger partial charge in [-0.3, -0.25) is 19.7 Å². The highest BCUT2D eigenvalue weighted by Crippen LogP contribution is 2.24. The highest BCUT2D eigenvalue weighted by Gasteiger charge is 2.36.